The zero-order valence-electron chi connectivity index (χ0n) is 7.44. The lowest BCUT2D eigenvalue weighted by molar-refractivity contribution is 0.589. The summed E-state index contributed by atoms with van der Waals surface area (Å²) in [5.41, 5.74) is 1.99. The third-order valence-corrected chi connectivity index (χ3v) is 2.23. The first-order chi connectivity index (χ1) is 6.25. The number of hydrogen-bond acceptors (Lipinski definition) is 4. The third-order valence-electron chi connectivity index (χ3n) is 1.95. The topological polar surface area (TPSA) is 28.0 Å². The van der Waals surface area contributed by atoms with Gasteiger partial charge in [-0.3, -0.25) is 0 Å². The van der Waals surface area contributed by atoms with Gasteiger partial charge in [0.05, 0.1) is 29.3 Å². The summed E-state index contributed by atoms with van der Waals surface area (Å²) in [6.07, 6.45) is 6.75. The van der Waals surface area contributed by atoms with Gasteiger partial charge in [-0.1, -0.05) is 6.08 Å². The number of nitrogens with zero attached hydrogens (tertiary/aromatic N) is 3. The van der Waals surface area contributed by atoms with Crippen LogP contribution in [0.15, 0.2) is 32.9 Å². The maximum Gasteiger partial charge on any atom is 0.0913 e. The molecule has 0 unspecified atom stereocenters. The van der Waals surface area contributed by atoms with Crippen molar-refractivity contribution in [1.29, 1.82) is 0 Å². The molecule has 68 valence electrons. The minimum Gasteiger partial charge on any atom is -0.360 e. The van der Waals surface area contributed by atoms with Crippen molar-refractivity contribution in [2.45, 2.75) is 6.42 Å². The van der Waals surface area contributed by atoms with Gasteiger partial charge in [0, 0.05) is 7.05 Å². The summed E-state index contributed by atoms with van der Waals surface area (Å²) >= 11 is 4.25. The molecular formula is C9H11N3S. The first-order valence-corrected chi connectivity index (χ1v) is 4.62. The lowest BCUT2D eigenvalue weighted by Crippen LogP contribution is -2.29. The van der Waals surface area contributed by atoms with Crippen molar-refractivity contribution in [3.8, 4) is 0 Å². The normalized spacial score (nSPS) is 21.4. The Bertz CT molecular complexity index is 339. The van der Waals surface area contributed by atoms with E-state index in [1.807, 2.05) is 24.4 Å². The van der Waals surface area contributed by atoms with E-state index in [1.165, 1.54) is 0 Å². The minimum absolute atomic E-state index is 0.784. The van der Waals surface area contributed by atoms with E-state index >= 15 is 0 Å². The molecule has 0 aromatic carbocycles. The van der Waals surface area contributed by atoms with Crippen molar-refractivity contribution in [1.82, 2.24) is 4.90 Å². The Morgan fingerprint density at radius 1 is 1.46 bits per heavy atom. The smallest absolute Gasteiger partial charge is 0.0913 e. The molecule has 0 radical (unpaired) electrons. The Morgan fingerprint density at radius 3 is 3.15 bits per heavy atom. The molecule has 0 amide bonds. The van der Waals surface area contributed by atoms with Crippen molar-refractivity contribution in [3.63, 3.8) is 0 Å². The quantitative estimate of drug-likeness (QED) is 0.580. The van der Waals surface area contributed by atoms with Crippen LogP contribution in [0.5, 0.6) is 0 Å². The van der Waals surface area contributed by atoms with Gasteiger partial charge in [0.1, 0.15) is 0 Å². The molecule has 0 aliphatic carbocycles. The lowest BCUT2D eigenvalue weighted by atomic mass is 10.2. The number of hydrogen-bond donors (Lipinski definition) is 1. The molecular weight excluding hydrogens is 182 g/mol. The highest BCUT2D eigenvalue weighted by Crippen LogP contribution is 2.17. The summed E-state index contributed by atoms with van der Waals surface area (Å²) < 4.78 is 0. The first-order valence-electron chi connectivity index (χ1n) is 4.17. The van der Waals surface area contributed by atoms with Crippen LogP contribution < -0.4 is 0 Å². The molecule has 0 N–H and O–H groups in total. The Morgan fingerprint density at radius 2 is 2.31 bits per heavy atom. The summed E-state index contributed by atoms with van der Waals surface area (Å²) in [7, 11) is 1.98. The summed E-state index contributed by atoms with van der Waals surface area (Å²) in [5, 5.41) is 0.784. The molecule has 0 spiro atoms. The van der Waals surface area contributed by atoms with Crippen molar-refractivity contribution in [2.24, 2.45) is 9.98 Å². The van der Waals surface area contributed by atoms with Gasteiger partial charge in [-0.05, 0) is 12.5 Å². The van der Waals surface area contributed by atoms with Crippen molar-refractivity contribution < 1.29 is 0 Å². The molecule has 0 bridgehead atoms. The fourth-order valence-corrected chi connectivity index (χ4v) is 1.54. The highest BCUT2D eigenvalue weighted by molar-refractivity contribution is 7.84. The van der Waals surface area contributed by atoms with Crippen molar-refractivity contribution >= 4 is 24.7 Å². The molecule has 13 heavy (non-hydrogen) atoms. The van der Waals surface area contributed by atoms with Crippen LogP contribution in [-0.2, 0) is 0 Å². The number of thiol groups is 1. The highest BCUT2D eigenvalue weighted by atomic mass is 32.1. The second-order valence-corrected chi connectivity index (χ2v) is 3.56. The number of rotatable bonds is 0. The van der Waals surface area contributed by atoms with E-state index in [0.717, 1.165) is 29.4 Å². The molecule has 0 aromatic heterocycles. The standard InChI is InChI=1S/C9H11N3S/c1-12-5-8-7(10-6-12)3-2-4-9(13)11-8/h3-4,6,13H,2,5H2,1H3. The largest absolute Gasteiger partial charge is 0.360 e. The molecule has 0 saturated heterocycles. The van der Waals surface area contributed by atoms with E-state index < -0.39 is 0 Å². The Kier molecular flexibility index (Phi) is 2.22. The summed E-state index contributed by atoms with van der Waals surface area (Å²) in [6.45, 7) is 0.813. The molecule has 0 saturated carbocycles. The van der Waals surface area contributed by atoms with Crippen LogP contribution in [-0.4, -0.2) is 30.5 Å². The lowest BCUT2D eigenvalue weighted by Gasteiger charge is -2.19. The number of allylic oxidation sites excluding steroid dienone is 2. The van der Waals surface area contributed by atoms with Gasteiger partial charge in [0.2, 0.25) is 0 Å². The van der Waals surface area contributed by atoms with Crippen molar-refractivity contribution in [2.75, 3.05) is 13.6 Å². The molecule has 2 aliphatic heterocycles. The van der Waals surface area contributed by atoms with Gasteiger partial charge < -0.3 is 4.90 Å². The second kappa shape index (κ2) is 3.38. The third kappa shape index (κ3) is 1.83. The molecule has 2 heterocycles. The van der Waals surface area contributed by atoms with Gasteiger partial charge in [-0.2, -0.15) is 0 Å². The molecule has 2 aliphatic rings. The van der Waals surface area contributed by atoms with Crippen LogP contribution in [0.4, 0.5) is 0 Å². The average molecular weight is 193 g/mol. The van der Waals surface area contributed by atoms with Crippen LogP contribution >= 0.6 is 12.6 Å². The summed E-state index contributed by atoms with van der Waals surface area (Å²) in [5.74, 6) is 0. The number of fused-ring (bicyclic) bond motifs is 1. The van der Waals surface area contributed by atoms with E-state index in [1.54, 1.807) is 0 Å². The van der Waals surface area contributed by atoms with Crippen LogP contribution in [0.25, 0.3) is 0 Å². The molecule has 4 heteroatoms. The zero-order chi connectivity index (χ0) is 9.26. The van der Waals surface area contributed by atoms with E-state index in [9.17, 15) is 0 Å². The van der Waals surface area contributed by atoms with E-state index in [-0.39, 0.29) is 0 Å². The van der Waals surface area contributed by atoms with Crippen molar-refractivity contribution in [3.05, 3.63) is 22.9 Å². The SMILES string of the molecule is CN1C=NC2=CCC=C(S)N=C2C1. The molecule has 2 rings (SSSR count). The Balaban J connectivity index is 2.37. The predicted octanol–water partition coefficient (Wildman–Crippen LogP) is 1.46. The van der Waals surface area contributed by atoms with Crippen LogP contribution in [0, 0.1) is 0 Å². The molecule has 0 fully saturated rings. The van der Waals surface area contributed by atoms with E-state index in [2.05, 4.69) is 28.7 Å². The van der Waals surface area contributed by atoms with E-state index in [0.29, 0.717) is 0 Å². The monoisotopic (exact) mass is 193 g/mol. The maximum atomic E-state index is 4.37. The number of aliphatic imine (C=N–C) groups is 2. The van der Waals surface area contributed by atoms with Gasteiger partial charge in [-0.25, -0.2) is 9.98 Å². The Hall–Kier alpha value is -1.03. The van der Waals surface area contributed by atoms with Crippen LogP contribution in [0.3, 0.4) is 0 Å². The highest BCUT2D eigenvalue weighted by Gasteiger charge is 2.14. The van der Waals surface area contributed by atoms with E-state index in [4.69, 9.17) is 0 Å². The maximum absolute atomic E-state index is 4.37. The van der Waals surface area contributed by atoms with Gasteiger partial charge in [-0.15, -0.1) is 12.6 Å². The fraction of sp³-hybridized carbons (Fsp3) is 0.333. The minimum atomic E-state index is 0.784. The average Bonchev–Trinajstić information content (AvgIpc) is 2.25. The van der Waals surface area contributed by atoms with Gasteiger partial charge in [0.15, 0.2) is 0 Å². The second-order valence-electron chi connectivity index (χ2n) is 3.11. The Labute approximate surface area is 83.0 Å². The fourth-order valence-electron chi connectivity index (χ4n) is 1.32. The first kappa shape index (κ1) is 8.56. The van der Waals surface area contributed by atoms with Crippen LogP contribution in [0.2, 0.25) is 0 Å². The molecule has 0 atom stereocenters. The molecule has 3 nitrogen and oxygen atoms in total. The van der Waals surface area contributed by atoms with Gasteiger partial charge in [0.25, 0.3) is 0 Å². The summed E-state index contributed by atoms with van der Waals surface area (Å²) in [4.78, 5) is 10.7. The van der Waals surface area contributed by atoms with Crippen LogP contribution in [0.1, 0.15) is 6.42 Å². The predicted molar refractivity (Wildman–Crippen MR) is 58.3 cm³/mol. The summed E-state index contributed by atoms with van der Waals surface area (Å²) in [6, 6.07) is 0. The molecule has 0 aromatic rings. The van der Waals surface area contributed by atoms with Gasteiger partial charge >= 0.3 is 0 Å². The zero-order valence-corrected chi connectivity index (χ0v) is 8.33.